The Morgan fingerprint density at radius 2 is 2.31 bits per heavy atom. The van der Waals surface area contributed by atoms with Crippen LogP contribution in [0, 0.1) is 5.41 Å². The fraction of sp³-hybridized carbons (Fsp3) is 0.455. The molecule has 1 aliphatic rings. The molecule has 5 heteroatoms. The molecule has 0 spiro atoms. The van der Waals surface area contributed by atoms with Gasteiger partial charge in [-0.05, 0) is 19.4 Å². The molecule has 0 aromatic carbocycles. The lowest BCUT2D eigenvalue weighted by atomic mass is 10.1. The number of nitrogens with one attached hydrogen (secondary N) is 2. The molecule has 2 rings (SSSR count). The van der Waals surface area contributed by atoms with Gasteiger partial charge in [0.1, 0.15) is 5.56 Å². The molecular weight excluding hydrogens is 206 g/mol. The second-order valence-electron chi connectivity index (χ2n) is 4.31. The molecule has 1 aliphatic carbocycles. The first-order chi connectivity index (χ1) is 7.67. The Balaban J connectivity index is 1.99. The molecular formula is C11H15N3O2. The number of H-pyrrole nitrogens is 1. The Morgan fingerprint density at radius 1 is 1.56 bits per heavy atom. The molecule has 16 heavy (non-hydrogen) atoms. The van der Waals surface area contributed by atoms with Crippen LogP contribution in [0.5, 0.6) is 0 Å². The van der Waals surface area contributed by atoms with E-state index in [1.54, 1.807) is 0 Å². The van der Waals surface area contributed by atoms with Crippen molar-refractivity contribution in [3.8, 4) is 0 Å². The Hall–Kier alpha value is -1.62. The van der Waals surface area contributed by atoms with Crippen LogP contribution in [0.25, 0.3) is 0 Å². The number of hydrogen-bond donors (Lipinski definition) is 3. The number of aromatic amines is 1. The number of hydrogen-bond acceptors (Lipinski definition) is 3. The van der Waals surface area contributed by atoms with Crippen molar-refractivity contribution in [2.75, 3.05) is 13.1 Å². The van der Waals surface area contributed by atoms with Gasteiger partial charge in [0, 0.05) is 30.4 Å². The smallest absolute Gasteiger partial charge is 0.256 e. The molecule has 1 saturated carbocycles. The third kappa shape index (κ3) is 2.14. The summed E-state index contributed by atoms with van der Waals surface area (Å²) < 4.78 is 0. The minimum absolute atomic E-state index is 0.0806. The van der Waals surface area contributed by atoms with Crippen LogP contribution in [0.1, 0.15) is 23.2 Å². The van der Waals surface area contributed by atoms with E-state index in [0.29, 0.717) is 13.1 Å². The van der Waals surface area contributed by atoms with Crippen molar-refractivity contribution in [1.82, 2.24) is 10.3 Å². The summed E-state index contributed by atoms with van der Waals surface area (Å²) in [5.41, 5.74) is 5.56. The van der Waals surface area contributed by atoms with Gasteiger partial charge in [-0.3, -0.25) is 9.59 Å². The van der Waals surface area contributed by atoms with E-state index in [0.717, 1.165) is 12.8 Å². The number of nitrogens with two attached hydrogens (primary N) is 1. The van der Waals surface area contributed by atoms with Gasteiger partial charge in [-0.2, -0.15) is 0 Å². The van der Waals surface area contributed by atoms with Crippen LogP contribution in [0.3, 0.4) is 0 Å². The van der Waals surface area contributed by atoms with Crippen LogP contribution in [-0.2, 0) is 0 Å². The third-order valence-electron chi connectivity index (χ3n) is 3.08. The maximum Gasteiger partial charge on any atom is 0.256 e. The quantitative estimate of drug-likeness (QED) is 0.660. The number of rotatable bonds is 4. The summed E-state index contributed by atoms with van der Waals surface area (Å²) >= 11 is 0. The highest BCUT2D eigenvalue weighted by atomic mass is 16.2. The standard InChI is InChI=1S/C11H15N3O2/c12-6-11(2-3-11)7-14-10(16)8-5-13-4-1-9(8)15/h1,4-5H,2-3,6-7,12H2,(H,13,15)(H,14,16). The normalized spacial score (nSPS) is 16.8. The summed E-state index contributed by atoms with van der Waals surface area (Å²) in [6, 6.07) is 1.34. The van der Waals surface area contributed by atoms with Gasteiger partial charge in [0.15, 0.2) is 5.43 Å². The van der Waals surface area contributed by atoms with Crippen molar-refractivity contribution in [2.45, 2.75) is 12.8 Å². The fourth-order valence-electron chi connectivity index (χ4n) is 1.59. The average Bonchev–Trinajstić information content (AvgIpc) is 3.07. The van der Waals surface area contributed by atoms with Gasteiger partial charge in [0.2, 0.25) is 0 Å². The Kier molecular flexibility index (Phi) is 2.78. The van der Waals surface area contributed by atoms with E-state index in [4.69, 9.17) is 5.73 Å². The zero-order chi connectivity index (χ0) is 11.6. The highest BCUT2D eigenvalue weighted by Gasteiger charge is 2.41. The highest BCUT2D eigenvalue weighted by molar-refractivity contribution is 5.93. The zero-order valence-electron chi connectivity index (χ0n) is 8.95. The SMILES string of the molecule is NCC1(CNC(=O)c2c[nH]ccc2=O)CC1. The van der Waals surface area contributed by atoms with Crippen molar-refractivity contribution in [1.29, 1.82) is 0 Å². The maximum atomic E-state index is 11.7. The molecule has 4 N–H and O–H groups in total. The molecule has 0 bridgehead atoms. The predicted molar refractivity (Wildman–Crippen MR) is 60.1 cm³/mol. The van der Waals surface area contributed by atoms with Crippen molar-refractivity contribution in [2.24, 2.45) is 11.1 Å². The van der Waals surface area contributed by atoms with Crippen LogP contribution in [0.15, 0.2) is 23.3 Å². The molecule has 0 radical (unpaired) electrons. The topological polar surface area (TPSA) is 88.0 Å². The Morgan fingerprint density at radius 3 is 2.88 bits per heavy atom. The molecule has 1 aromatic rings. The van der Waals surface area contributed by atoms with Crippen LogP contribution in [0.4, 0.5) is 0 Å². The van der Waals surface area contributed by atoms with Gasteiger partial charge in [-0.1, -0.05) is 0 Å². The molecule has 1 fully saturated rings. The molecule has 5 nitrogen and oxygen atoms in total. The first-order valence-corrected chi connectivity index (χ1v) is 5.32. The summed E-state index contributed by atoms with van der Waals surface area (Å²) in [5.74, 6) is -0.332. The van der Waals surface area contributed by atoms with Crippen molar-refractivity contribution >= 4 is 5.91 Å². The Bertz CT molecular complexity index is 449. The minimum Gasteiger partial charge on any atom is -0.367 e. The largest absolute Gasteiger partial charge is 0.367 e. The molecule has 0 aliphatic heterocycles. The van der Waals surface area contributed by atoms with Gasteiger partial charge >= 0.3 is 0 Å². The van der Waals surface area contributed by atoms with Gasteiger partial charge in [0.05, 0.1) is 0 Å². The van der Waals surface area contributed by atoms with Gasteiger partial charge in [-0.25, -0.2) is 0 Å². The monoisotopic (exact) mass is 221 g/mol. The molecule has 1 amide bonds. The highest BCUT2D eigenvalue weighted by Crippen LogP contribution is 2.43. The summed E-state index contributed by atoms with van der Waals surface area (Å²) in [5, 5.41) is 2.75. The Labute approximate surface area is 93.0 Å². The third-order valence-corrected chi connectivity index (χ3v) is 3.08. The van der Waals surface area contributed by atoms with E-state index in [9.17, 15) is 9.59 Å². The fourth-order valence-corrected chi connectivity index (χ4v) is 1.59. The van der Waals surface area contributed by atoms with Crippen LogP contribution in [-0.4, -0.2) is 24.0 Å². The summed E-state index contributed by atoms with van der Waals surface area (Å²) in [6.07, 6.45) is 5.02. The molecule has 0 saturated heterocycles. The zero-order valence-corrected chi connectivity index (χ0v) is 8.95. The van der Waals surface area contributed by atoms with Crippen molar-refractivity contribution < 1.29 is 4.79 Å². The van der Waals surface area contributed by atoms with Gasteiger partial charge < -0.3 is 16.0 Å². The second kappa shape index (κ2) is 4.09. The van der Waals surface area contributed by atoms with E-state index in [2.05, 4.69) is 10.3 Å². The van der Waals surface area contributed by atoms with Gasteiger partial charge in [-0.15, -0.1) is 0 Å². The number of amides is 1. The first-order valence-electron chi connectivity index (χ1n) is 5.32. The first kappa shape index (κ1) is 10.9. The molecule has 0 unspecified atom stereocenters. The number of pyridine rings is 1. The summed E-state index contributed by atoms with van der Waals surface area (Å²) in [7, 11) is 0. The average molecular weight is 221 g/mol. The molecule has 0 atom stereocenters. The predicted octanol–water partition coefficient (Wildman–Crippen LogP) is -0.156. The molecule has 1 heterocycles. The summed E-state index contributed by atoms with van der Waals surface area (Å²) in [4.78, 5) is 25.8. The van der Waals surface area contributed by atoms with Crippen LogP contribution >= 0.6 is 0 Å². The lowest BCUT2D eigenvalue weighted by Gasteiger charge is -2.12. The van der Waals surface area contributed by atoms with E-state index in [-0.39, 0.29) is 22.3 Å². The number of aromatic nitrogens is 1. The second-order valence-corrected chi connectivity index (χ2v) is 4.31. The molecule has 86 valence electrons. The summed E-state index contributed by atoms with van der Waals surface area (Å²) in [6.45, 7) is 1.13. The lowest BCUT2D eigenvalue weighted by molar-refractivity contribution is 0.0944. The number of carbonyl (C=O) groups excluding carboxylic acids is 1. The minimum atomic E-state index is -0.332. The number of carbonyl (C=O) groups is 1. The van der Waals surface area contributed by atoms with Crippen molar-refractivity contribution in [3.63, 3.8) is 0 Å². The van der Waals surface area contributed by atoms with E-state index in [1.807, 2.05) is 0 Å². The van der Waals surface area contributed by atoms with Crippen LogP contribution < -0.4 is 16.5 Å². The van der Waals surface area contributed by atoms with E-state index >= 15 is 0 Å². The maximum absolute atomic E-state index is 11.7. The molecule has 1 aromatic heterocycles. The van der Waals surface area contributed by atoms with Gasteiger partial charge in [0.25, 0.3) is 5.91 Å². The van der Waals surface area contributed by atoms with Crippen LogP contribution in [0.2, 0.25) is 0 Å². The lowest BCUT2D eigenvalue weighted by Crippen LogP contribution is -2.35. The van der Waals surface area contributed by atoms with E-state index in [1.165, 1.54) is 18.5 Å². The van der Waals surface area contributed by atoms with Crippen molar-refractivity contribution in [3.05, 3.63) is 34.2 Å². The van der Waals surface area contributed by atoms with E-state index < -0.39 is 0 Å².